The number of carbonyl (C=O) groups is 1. The van der Waals surface area contributed by atoms with Gasteiger partial charge in [0.1, 0.15) is 6.54 Å². The predicted molar refractivity (Wildman–Crippen MR) is 45.5 cm³/mol. The number of rotatable bonds is 2. The number of hydrogen-bond acceptors (Lipinski definition) is 4. The molecule has 16 heavy (non-hydrogen) atoms. The maximum absolute atomic E-state index is 12.1. The highest BCUT2D eigenvalue weighted by atomic mass is 19.4. The molecule has 0 saturated heterocycles. The van der Waals surface area contributed by atoms with E-state index in [1.807, 2.05) is 0 Å². The molecule has 0 spiro atoms. The largest absolute Gasteiger partial charge is 0.468 e. The van der Waals surface area contributed by atoms with Gasteiger partial charge in [-0.1, -0.05) is 0 Å². The minimum atomic E-state index is -4.68. The van der Waals surface area contributed by atoms with Crippen LogP contribution in [-0.4, -0.2) is 22.6 Å². The third kappa shape index (κ3) is 2.81. The van der Waals surface area contributed by atoms with Crippen LogP contribution >= 0.6 is 0 Å². The Bertz CT molecular complexity index is 453. The molecule has 0 aromatic carbocycles. The van der Waals surface area contributed by atoms with Crippen LogP contribution in [0.4, 0.5) is 13.2 Å². The summed E-state index contributed by atoms with van der Waals surface area (Å²) in [6.45, 7) is -0.472. The summed E-state index contributed by atoms with van der Waals surface area (Å²) in [6.07, 6.45) is -4.02. The van der Waals surface area contributed by atoms with Gasteiger partial charge in [-0.15, -0.1) is 0 Å². The summed E-state index contributed by atoms with van der Waals surface area (Å²) in [7, 11) is 1.10. The van der Waals surface area contributed by atoms with Gasteiger partial charge in [0.15, 0.2) is 5.69 Å². The van der Waals surface area contributed by atoms with Gasteiger partial charge in [0, 0.05) is 6.07 Å². The molecule has 0 aliphatic heterocycles. The van der Waals surface area contributed by atoms with Crippen LogP contribution in [-0.2, 0) is 22.3 Å². The van der Waals surface area contributed by atoms with Crippen molar-refractivity contribution in [3.8, 4) is 0 Å². The SMILES string of the molecule is COC(=O)Cn1cnc(C(F)(F)F)cc1=O. The van der Waals surface area contributed by atoms with Crippen LogP contribution in [0.3, 0.4) is 0 Å². The second kappa shape index (κ2) is 4.33. The number of halogens is 3. The fraction of sp³-hybridized carbons (Fsp3) is 0.375. The number of esters is 1. The fourth-order valence-corrected chi connectivity index (χ4v) is 0.903. The Balaban J connectivity index is 3.01. The van der Waals surface area contributed by atoms with Crippen LogP contribution < -0.4 is 5.56 Å². The van der Waals surface area contributed by atoms with Gasteiger partial charge in [-0.25, -0.2) is 4.98 Å². The number of hydrogen-bond donors (Lipinski definition) is 0. The normalized spacial score (nSPS) is 11.2. The third-order valence-corrected chi connectivity index (χ3v) is 1.70. The molecule has 0 bridgehead atoms. The molecule has 1 aromatic heterocycles. The number of carbonyl (C=O) groups excluding carboxylic acids is 1. The molecule has 0 fully saturated rings. The number of ether oxygens (including phenoxy) is 1. The van der Waals surface area contributed by atoms with Crippen LogP contribution in [0.5, 0.6) is 0 Å². The van der Waals surface area contributed by atoms with E-state index in [-0.39, 0.29) is 0 Å². The summed E-state index contributed by atoms with van der Waals surface area (Å²) in [6, 6.07) is 0.322. The molecular formula is C8H7F3N2O3. The highest BCUT2D eigenvalue weighted by Gasteiger charge is 2.33. The molecule has 0 amide bonds. The fourth-order valence-electron chi connectivity index (χ4n) is 0.903. The Morgan fingerprint density at radius 3 is 2.62 bits per heavy atom. The summed E-state index contributed by atoms with van der Waals surface area (Å²) in [5.41, 5.74) is -2.26. The van der Waals surface area contributed by atoms with Crippen molar-refractivity contribution in [1.82, 2.24) is 9.55 Å². The van der Waals surface area contributed by atoms with Crippen molar-refractivity contribution in [1.29, 1.82) is 0 Å². The molecule has 0 unspecified atom stereocenters. The Kier molecular flexibility index (Phi) is 3.31. The molecule has 0 saturated carbocycles. The molecule has 0 N–H and O–H groups in total. The topological polar surface area (TPSA) is 61.2 Å². The van der Waals surface area contributed by atoms with Gasteiger partial charge in [-0.05, 0) is 0 Å². The maximum atomic E-state index is 12.1. The van der Waals surface area contributed by atoms with Gasteiger partial charge in [0.25, 0.3) is 5.56 Å². The highest BCUT2D eigenvalue weighted by Crippen LogP contribution is 2.25. The minimum absolute atomic E-state index is 0.322. The molecule has 1 heterocycles. The summed E-state index contributed by atoms with van der Waals surface area (Å²) < 4.78 is 41.4. The average Bonchev–Trinajstić information content (AvgIpc) is 2.19. The Hall–Kier alpha value is -1.86. The van der Waals surface area contributed by atoms with E-state index >= 15 is 0 Å². The molecule has 0 aliphatic carbocycles. The zero-order valence-electron chi connectivity index (χ0n) is 8.11. The predicted octanol–water partition coefficient (Wildman–Crippen LogP) is 0.435. The van der Waals surface area contributed by atoms with Crippen LogP contribution in [0.15, 0.2) is 17.2 Å². The molecule has 0 aliphatic rings. The van der Waals surface area contributed by atoms with Crippen molar-refractivity contribution in [2.45, 2.75) is 12.7 Å². The lowest BCUT2D eigenvalue weighted by molar-refractivity contribution is -0.141. The van der Waals surface area contributed by atoms with Crippen molar-refractivity contribution in [3.05, 3.63) is 28.4 Å². The second-order valence-electron chi connectivity index (χ2n) is 2.81. The van der Waals surface area contributed by atoms with Gasteiger partial charge in [-0.2, -0.15) is 13.2 Å². The van der Waals surface area contributed by atoms with Crippen molar-refractivity contribution in [2.24, 2.45) is 0 Å². The molecule has 5 nitrogen and oxygen atoms in total. The summed E-state index contributed by atoms with van der Waals surface area (Å²) in [4.78, 5) is 25.0. The number of nitrogens with zero attached hydrogens (tertiary/aromatic N) is 2. The average molecular weight is 236 g/mol. The number of aromatic nitrogens is 2. The number of alkyl halides is 3. The van der Waals surface area contributed by atoms with Gasteiger partial charge in [0.2, 0.25) is 0 Å². The second-order valence-corrected chi connectivity index (χ2v) is 2.81. The van der Waals surface area contributed by atoms with Crippen molar-refractivity contribution in [3.63, 3.8) is 0 Å². The Morgan fingerprint density at radius 1 is 1.56 bits per heavy atom. The quantitative estimate of drug-likeness (QED) is 0.699. The highest BCUT2D eigenvalue weighted by molar-refractivity contribution is 5.68. The van der Waals surface area contributed by atoms with Crippen LogP contribution in [0.25, 0.3) is 0 Å². The molecule has 8 heteroatoms. The van der Waals surface area contributed by atoms with Gasteiger partial charge < -0.3 is 4.74 Å². The molecule has 0 atom stereocenters. The Labute approximate surface area is 87.5 Å². The smallest absolute Gasteiger partial charge is 0.433 e. The van der Waals surface area contributed by atoms with Crippen LogP contribution in [0.1, 0.15) is 5.69 Å². The van der Waals surface area contributed by atoms with E-state index in [1.165, 1.54) is 0 Å². The van der Waals surface area contributed by atoms with E-state index in [0.717, 1.165) is 11.7 Å². The van der Waals surface area contributed by atoms with Crippen LogP contribution in [0, 0.1) is 0 Å². The van der Waals surface area contributed by atoms with Crippen LogP contribution in [0.2, 0.25) is 0 Å². The maximum Gasteiger partial charge on any atom is 0.433 e. The first-order chi connectivity index (χ1) is 7.34. The van der Waals surface area contributed by atoms with Crippen molar-refractivity contribution in [2.75, 3.05) is 7.11 Å². The lowest BCUT2D eigenvalue weighted by Crippen LogP contribution is -2.26. The lowest BCUT2D eigenvalue weighted by Gasteiger charge is -2.07. The molecule has 1 rings (SSSR count). The first-order valence-electron chi connectivity index (χ1n) is 4.05. The van der Waals surface area contributed by atoms with Gasteiger partial charge in [0.05, 0.1) is 13.4 Å². The standard InChI is InChI=1S/C8H7F3N2O3/c1-16-7(15)3-13-4-12-5(2-6(13)14)8(9,10)11/h2,4H,3H2,1H3. The van der Waals surface area contributed by atoms with E-state index < -0.39 is 29.9 Å². The summed E-state index contributed by atoms with van der Waals surface area (Å²) in [5, 5.41) is 0. The summed E-state index contributed by atoms with van der Waals surface area (Å²) in [5.74, 6) is -0.747. The lowest BCUT2D eigenvalue weighted by atomic mass is 10.4. The number of methoxy groups -OCH3 is 1. The van der Waals surface area contributed by atoms with E-state index in [4.69, 9.17) is 0 Å². The molecule has 0 radical (unpaired) electrons. The van der Waals surface area contributed by atoms with Gasteiger partial charge >= 0.3 is 12.1 Å². The first-order valence-corrected chi connectivity index (χ1v) is 4.05. The zero-order valence-corrected chi connectivity index (χ0v) is 8.11. The third-order valence-electron chi connectivity index (χ3n) is 1.70. The summed E-state index contributed by atoms with van der Waals surface area (Å²) >= 11 is 0. The van der Waals surface area contributed by atoms with E-state index in [1.54, 1.807) is 0 Å². The van der Waals surface area contributed by atoms with Crippen molar-refractivity contribution < 1.29 is 22.7 Å². The Morgan fingerprint density at radius 2 is 2.19 bits per heavy atom. The minimum Gasteiger partial charge on any atom is -0.468 e. The van der Waals surface area contributed by atoms with Gasteiger partial charge in [-0.3, -0.25) is 14.2 Å². The molecule has 88 valence electrons. The van der Waals surface area contributed by atoms with E-state index in [2.05, 4.69) is 9.72 Å². The van der Waals surface area contributed by atoms with E-state index in [9.17, 15) is 22.8 Å². The molecule has 1 aromatic rings. The van der Waals surface area contributed by atoms with E-state index in [0.29, 0.717) is 12.4 Å². The molecular weight excluding hydrogens is 229 g/mol. The van der Waals surface area contributed by atoms with Crippen molar-refractivity contribution >= 4 is 5.97 Å². The monoisotopic (exact) mass is 236 g/mol. The first kappa shape index (κ1) is 12.2. The zero-order chi connectivity index (χ0) is 12.3.